The van der Waals surface area contributed by atoms with E-state index in [1.807, 2.05) is 6.92 Å². The van der Waals surface area contributed by atoms with Crippen LogP contribution in [0.15, 0.2) is 11.6 Å². The van der Waals surface area contributed by atoms with Gasteiger partial charge in [-0.15, -0.1) is 0 Å². The maximum atomic E-state index is 12.8. The monoisotopic (exact) mass is 389 g/mol. The normalized spacial score (nSPS) is 40.9. The van der Waals surface area contributed by atoms with Gasteiger partial charge in [0.05, 0.1) is 18.4 Å². The van der Waals surface area contributed by atoms with Crippen molar-refractivity contribution >= 4 is 11.9 Å². The summed E-state index contributed by atoms with van der Waals surface area (Å²) in [6.07, 6.45) is 9.02. The second-order valence-electron chi connectivity index (χ2n) is 9.69. The van der Waals surface area contributed by atoms with Crippen LogP contribution in [0, 0.1) is 29.1 Å². The van der Waals surface area contributed by atoms with E-state index in [1.165, 1.54) is 19.3 Å². The summed E-state index contributed by atoms with van der Waals surface area (Å²) in [7, 11) is 0. The standard InChI is InChI=1S/C23H35NO4/c1-4-27-21(25)16-8-6-10-24(13-16)14-18-17-11-19-15(2)7-5-9-23(19,3)12-20(17)28-22(18)26/h11,15-18,20H,4-10,12-14H2,1-3H3/t15-,16-,17+,18-,20+,23+/m0/s1. The molecule has 4 rings (SSSR count). The van der Waals surface area contributed by atoms with E-state index in [1.54, 1.807) is 5.57 Å². The molecule has 28 heavy (non-hydrogen) atoms. The van der Waals surface area contributed by atoms with Gasteiger partial charge in [-0.3, -0.25) is 9.59 Å². The molecule has 2 heterocycles. The summed E-state index contributed by atoms with van der Waals surface area (Å²) in [4.78, 5) is 27.2. The number of carbonyl (C=O) groups is 2. The molecule has 156 valence electrons. The summed E-state index contributed by atoms with van der Waals surface area (Å²) in [5.74, 6) is 0.509. The average Bonchev–Trinajstić information content (AvgIpc) is 2.94. The van der Waals surface area contributed by atoms with Crippen LogP contribution in [0.5, 0.6) is 0 Å². The highest BCUT2D eigenvalue weighted by molar-refractivity contribution is 5.76. The number of ether oxygens (including phenoxy) is 2. The van der Waals surface area contributed by atoms with Crippen LogP contribution in [0.1, 0.15) is 59.3 Å². The van der Waals surface area contributed by atoms with Gasteiger partial charge in [0.2, 0.25) is 0 Å². The largest absolute Gasteiger partial charge is 0.466 e. The maximum Gasteiger partial charge on any atom is 0.311 e. The molecular weight excluding hydrogens is 354 g/mol. The highest BCUT2D eigenvalue weighted by Crippen LogP contribution is 2.54. The molecule has 0 bridgehead atoms. The Morgan fingerprint density at radius 1 is 1.36 bits per heavy atom. The molecule has 0 N–H and O–H groups in total. The van der Waals surface area contributed by atoms with Gasteiger partial charge in [0, 0.05) is 19.0 Å². The lowest BCUT2D eigenvalue weighted by Crippen LogP contribution is -2.44. The van der Waals surface area contributed by atoms with Gasteiger partial charge in [0.15, 0.2) is 0 Å². The Kier molecular flexibility index (Phi) is 5.56. The van der Waals surface area contributed by atoms with Crippen molar-refractivity contribution in [1.29, 1.82) is 0 Å². The highest BCUT2D eigenvalue weighted by atomic mass is 16.6. The van der Waals surface area contributed by atoms with Gasteiger partial charge >= 0.3 is 11.9 Å². The number of allylic oxidation sites excluding steroid dienone is 1. The Hall–Kier alpha value is -1.36. The van der Waals surface area contributed by atoms with Crippen LogP contribution in [0.2, 0.25) is 0 Å². The molecule has 0 aromatic rings. The number of nitrogens with zero attached hydrogens (tertiary/aromatic N) is 1. The first-order valence-corrected chi connectivity index (χ1v) is 11.2. The summed E-state index contributed by atoms with van der Waals surface area (Å²) in [6, 6.07) is 0. The molecule has 0 aromatic heterocycles. The summed E-state index contributed by atoms with van der Waals surface area (Å²) in [5, 5.41) is 0. The summed E-state index contributed by atoms with van der Waals surface area (Å²) in [5.41, 5.74) is 1.76. The first kappa shape index (κ1) is 19.9. The summed E-state index contributed by atoms with van der Waals surface area (Å²) < 4.78 is 11.1. The van der Waals surface area contributed by atoms with E-state index < -0.39 is 0 Å². The number of fused-ring (bicyclic) bond motifs is 2. The van der Waals surface area contributed by atoms with Crippen molar-refractivity contribution in [2.24, 2.45) is 29.1 Å². The molecule has 2 saturated heterocycles. The molecule has 4 aliphatic rings. The minimum absolute atomic E-state index is 0.0298. The van der Waals surface area contributed by atoms with E-state index in [9.17, 15) is 9.59 Å². The third kappa shape index (κ3) is 3.62. The number of carbonyl (C=O) groups excluding carboxylic acids is 2. The van der Waals surface area contributed by atoms with Crippen molar-refractivity contribution in [2.45, 2.75) is 65.4 Å². The van der Waals surface area contributed by atoms with Gasteiger partial charge in [-0.05, 0) is 56.9 Å². The van der Waals surface area contributed by atoms with Crippen molar-refractivity contribution in [1.82, 2.24) is 4.90 Å². The summed E-state index contributed by atoms with van der Waals surface area (Å²) in [6.45, 7) is 9.32. The lowest BCUT2D eigenvalue weighted by Gasteiger charge is -2.46. The van der Waals surface area contributed by atoms with Crippen molar-refractivity contribution in [3.63, 3.8) is 0 Å². The quantitative estimate of drug-likeness (QED) is 0.543. The fraction of sp³-hybridized carbons (Fsp3) is 0.826. The zero-order valence-electron chi connectivity index (χ0n) is 17.6. The third-order valence-electron chi connectivity index (χ3n) is 7.66. The topological polar surface area (TPSA) is 55.8 Å². The van der Waals surface area contributed by atoms with Crippen LogP contribution >= 0.6 is 0 Å². The lowest BCUT2D eigenvalue weighted by molar-refractivity contribution is -0.150. The number of rotatable bonds is 4. The van der Waals surface area contributed by atoms with E-state index in [0.29, 0.717) is 25.6 Å². The highest BCUT2D eigenvalue weighted by Gasteiger charge is 2.52. The molecule has 0 aromatic carbocycles. The van der Waals surface area contributed by atoms with Gasteiger partial charge in [-0.25, -0.2) is 0 Å². The van der Waals surface area contributed by atoms with Gasteiger partial charge in [0.1, 0.15) is 6.10 Å². The van der Waals surface area contributed by atoms with E-state index >= 15 is 0 Å². The molecule has 0 spiro atoms. The Morgan fingerprint density at radius 2 is 2.18 bits per heavy atom. The number of hydrogen-bond acceptors (Lipinski definition) is 5. The molecule has 0 radical (unpaired) electrons. The fourth-order valence-corrected chi connectivity index (χ4v) is 6.21. The van der Waals surface area contributed by atoms with Crippen LogP contribution in [-0.2, 0) is 19.1 Å². The van der Waals surface area contributed by atoms with Crippen LogP contribution < -0.4 is 0 Å². The first-order valence-electron chi connectivity index (χ1n) is 11.2. The zero-order chi connectivity index (χ0) is 19.9. The molecule has 3 fully saturated rings. The van der Waals surface area contributed by atoms with Gasteiger partial charge in [-0.1, -0.05) is 31.9 Å². The number of hydrogen-bond donors (Lipinski definition) is 0. The molecular formula is C23H35NO4. The molecule has 2 aliphatic carbocycles. The zero-order valence-corrected chi connectivity index (χ0v) is 17.6. The Bertz CT molecular complexity index is 659. The maximum absolute atomic E-state index is 12.8. The Labute approximate surface area is 168 Å². The molecule has 5 heteroatoms. The van der Waals surface area contributed by atoms with Gasteiger partial charge < -0.3 is 14.4 Å². The molecule has 1 saturated carbocycles. The van der Waals surface area contributed by atoms with Crippen molar-refractivity contribution in [2.75, 3.05) is 26.2 Å². The van der Waals surface area contributed by atoms with Crippen LogP contribution in [-0.4, -0.2) is 49.2 Å². The smallest absolute Gasteiger partial charge is 0.311 e. The number of piperidine rings is 1. The van der Waals surface area contributed by atoms with E-state index in [4.69, 9.17) is 9.47 Å². The fourth-order valence-electron chi connectivity index (χ4n) is 6.21. The van der Waals surface area contributed by atoms with Crippen LogP contribution in [0.25, 0.3) is 0 Å². The predicted molar refractivity (Wildman–Crippen MR) is 106 cm³/mol. The number of likely N-dealkylation sites (tertiary alicyclic amines) is 1. The van der Waals surface area contributed by atoms with Crippen molar-refractivity contribution < 1.29 is 19.1 Å². The minimum atomic E-state index is -0.0999. The average molecular weight is 390 g/mol. The second-order valence-corrected chi connectivity index (χ2v) is 9.69. The van der Waals surface area contributed by atoms with E-state index in [2.05, 4.69) is 24.8 Å². The molecule has 0 unspecified atom stereocenters. The molecule has 5 nitrogen and oxygen atoms in total. The van der Waals surface area contributed by atoms with Crippen LogP contribution in [0.4, 0.5) is 0 Å². The minimum Gasteiger partial charge on any atom is -0.466 e. The van der Waals surface area contributed by atoms with Crippen molar-refractivity contribution in [3.8, 4) is 0 Å². The summed E-state index contributed by atoms with van der Waals surface area (Å²) >= 11 is 0. The molecule has 2 aliphatic heterocycles. The van der Waals surface area contributed by atoms with Gasteiger partial charge in [-0.2, -0.15) is 0 Å². The van der Waals surface area contributed by atoms with Crippen LogP contribution in [0.3, 0.4) is 0 Å². The lowest BCUT2D eigenvalue weighted by atomic mass is 9.59. The second kappa shape index (κ2) is 7.81. The SMILES string of the molecule is CCOC(=O)[C@H]1CCCN(C[C@@H]2C(=O)O[C@@H]3C[C@@]4(C)CCC[C@H](C)C4=C[C@H]23)C1. The Balaban J connectivity index is 1.48. The molecule has 0 amide bonds. The molecule has 6 atom stereocenters. The predicted octanol–water partition coefficient (Wildman–Crippen LogP) is 3.58. The third-order valence-corrected chi connectivity index (χ3v) is 7.66. The van der Waals surface area contributed by atoms with Crippen molar-refractivity contribution in [3.05, 3.63) is 11.6 Å². The van der Waals surface area contributed by atoms with E-state index in [0.717, 1.165) is 25.8 Å². The Morgan fingerprint density at radius 3 is 2.96 bits per heavy atom. The first-order chi connectivity index (χ1) is 13.4. The number of esters is 2. The van der Waals surface area contributed by atoms with Gasteiger partial charge in [0.25, 0.3) is 0 Å². The van der Waals surface area contributed by atoms with E-state index in [-0.39, 0.29) is 41.2 Å².